The minimum atomic E-state index is -4.51. The van der Waals surface area contributed by atoms with Gasteiger partial charge >= 0.3 is 36.3 Å². The number of aromatic nitrogens is 8. The van der Waals surface area contributed by atoms with Gasteiger partial charge in [-0.05, 0) is 57.0 Å². The number of esters is 1. The molecular weight excluding hydrogens is 963 g/mol. The van der Waals surface area contributed by atoms with E-state index in [1.54, 1.807) is 94.7 Å². The number of H-pyrrole nitrogens is 1. The van der Waals surface area contributed by atoms with Crippen LogP contribution in [0.2, 0.25) is 25.7 Å². The molecule has 0 amide bonds. The summed E-state index contributed by atoms with van der Waals surface area (Å²) in [6.07, 6.45) is -5.74. The fraction of sp³-hybridized carbons (Fsp3) is 0.404. The summed E-state index contributed by atoms with van der Waals surface area (Å²) < 4.78 is 107. The van der Waals surface area contributed by atoms with E-state index in [0.29, 0.717) is 29.5 Å². The quantitative estimate of drug-likeness (QED) is 0.0298. The average molecular weight is 1020 g/mol. The van der Waals surface area contributed by atoms with Crippen molar-refractivity contribution in [2.45, 2.75) is 72.5 Å². The Morgan fingerprint density at radius 1 is 0.648 bits per heavy atom. The molecule has 2 aromatic carbocycles. The van der Waals surface area contributed by atoms with E-state index in [4.69, 9.17) is 28.8 Å². The maximum absolute atomic E-state index is 12.8. The third-order valence-corrected chi connectivity index (χ3v) is 11.7. The van der Waals surface area contributed by atoms with Gasteiger partial charge in [0.2, 0.25) is 11.8 Å². The van der Waals surface area contributed by atoms with Crippen LogP contribution in [-0.4, -0.2) is 118 Å². The monoisotopic (exact) mass is 1020 g/mol. The van der Waals surface area contributed by atoms with Crippen LogP contribution in [0.5, 0.6) is 23.8 Å². The molecule has 4 aromatic heterocycles. The van der Waals surface area contributed by atoms with Crippen molar-refractivity contribution in [1.29, 1.82) is 0 Å². The molecule has 0 spiro atoms. The lowest BCUT2D eigenvalue weighted by molar-refractivity contribution is -0.156. The van der Waals surface area contributed by atoms with E-state index in [1.165, 1.54) is 11.8 Å². The van der Waals surface area contributed by atoms with E-state index in [1.807, 2.05) is 18.2 Å². The smallest absolute Gasteiger partial charge is 0.422 e. The lowest BCUT2D eigenvalue weighted by atomic mass is 9.95. The molecule has 4 heterocycles. The maximum atomic E-state index is 12.8. The van der Waals surface area contributed by atoms with Crippen molar-refractivity contribution in [1.82, 2.24) is 39.9 Å². The Morgan fingerprint density at radius 3 is 1.62 bits per heavy atom. The van der Waals surface area contributed by atoms with E-state index in [0.717, 1.165) is 28.3 Å². The van der Waals surface area contributed by atoms with Crippen molar-refractivity contribution in [3.8, 4) is 68.8 Å². The van der Waals surface area contributed by atoms with E-state index in [-0.39, 0.29) is 49.6 Å². The van der Waals surface area contributed by atoms with Crippen LogP contribution in [0.3, 0.4) is 0 Å². The number of carboxylic acid groups (broad SMARTS) is 1. The standard InChI is InChI=1S/C27H35F3N4O5Si.C20H19F3N4O4/c1-26(2,24(35)36-3)16-38-22-12-11-21(15-31-22)19-7-9-20(10-8-19)23-32-25(39-17-27(28,29)30)34(33-23)18-37-13-14-40(4,5)6;1-19(2,17(28)29)10-30-15-8-7-14(9-24-15)12-3-5-13(6-4-12)16-25-18(27-26-16)31-11-20(21,22)23/h7-12,15H,13-14,16-18H2,1-6H3;3-9H,10-11H2,1-2H3,(H,28,29)(H,25,26,27). The normalized spacial score (nSPS) is 12.1. The van der Waals surface area contributed by atoms with Crippen LogP contribution < -0.4 is 18.9 Å². The Hall–Kier alpha value is -7.08. The predicted molar refractivity (Wildman–Crippen MR) is 249 cm³/mol. The van der Waals surface area contributed by atoms with E-state index >= 15 is 0 Å². The number of nitrogens with zero attached hydrogens (tertiary/aromatic N) is 7. The summed E-state index contributed by atoms with van der Waals surface area (Å²) in [7, 11) is -0.000626. The highest BCUT2D eigenvalue weighted by Crippen LogP contribution is 2.29. The Kier molecular flexibility index (Phi) is 17.9. The first-order chi connectivity index (χ1) is 33.2. The number of benzene rings is 2. The number of carbonyl (C=O) groups is 2. The molecule has 71 heavy (non-hydrogen) atoms. The second-order valence-electron chi connectivity index (χ2n) is 18.4. The number of aliphatic carboxylic acids is 1. The molecule has 6 rings (SSSR count). The number of alkyl halides is 6. The van der Waals surface area contributed by atoms with Crippen LogP contribution in [0.4, 0.5) is 26.3 Å². The van der Waals surface area contributed by atoms with Gasteiger partial charge < -0.3 is 33.5 Å². The van der Waals surface area contributed by atoms with Crippen LogP contribution in [0, 0.1) is 10.8 Å². The minimum Gasteiger partial charge on any atom is -0.481 e. The Balaban J connectivity index is 0.000000272. The fourth-order valence-electron chi connectivity index (χ4n) is 5.71. The molecule has 0 saturated carbocycles. The molecule has 0 unspecified atom stereocenters. The summed E-state index contributed by atoms with van der Waals surface area (Å²) in [6.45, 7) is 10.7. The molecule has 6 aromatic rings. The largest absolute Gasteiger partial charge is 0.481 e. The Bertz CT molecular complexity index is 2650. The molecule has 0 radical (unpaired) electrons. The zero-order valence-corrected chi connectivity index (χ0v) is 41.1. The van der Waals surface area contributed by atoms with Crippen molar-refractivity contribution in [2.75, 3.05) is 40.1 Å². The number of nitrogens with one attached hydrogen (secondary N) is 1. The van der Waals surface area contributed by atoms with Crippen molar-refractivity contribution >= 4 is 20.0 Å². The molecule has 24 heteroatoms. The fourth-order valence-corrected chi connectivity index (χ4v) is 6.47. The third-order valence-electron chi connectivity index (χ3n) is 9.96. The molecule has 0 aliphatic heterocycles. The number of pyridine rings is 2. The number of methoxy groups -OCH3 is 1. The Morgan fingerprint density at radius 2 is 1.14 bits per heavy atom. The average Bonchev–Trinajstić information content (AvgIpc) is 3.97. The third kappa shape index (κ3) is 17.4. The van der Waals surface area contributed by atoms with Crippen LogP contribution in [0.25, 0.3) is 45.0 Å². The van der Waals surface area contributed by atoms with Gasteiger partial charge in [-0.1, -0.05) is 68.2 Å². The first-order valence-electron chi connectivity index (χ1n) is 21.8. The van der Waals surface area contributed by atoms with Crippen LogP contribution in [0.15, 0.2) is 85.2 Å². The minimum absolute atomic E-state index is 0.0186. The molecule has 17 nitrogen and oxygen atoms in total. The van der Waals surface area contributed by atoms with Gasteiger partial charge in [0.1, 0.15) is 19.9 Å². The van der Waals surface area contributed by atoms with Crippen molar-refractivity contribution in [3.05, 3.63) is 85.2 Å². The molecule has 0 aliphatic carbocycles. The number of hydrogen-bond acceptors (Lipinski definition) is 14. The van der Waals surface area contributed by atoms with Gasteiger partial charge in [-0.3, -0.25) is 14.7 Å². The highest BCUT2D eigenvalue weighted by atomic mass is 28.3. The lowest BCUT2D eigenvalue weighted by Crippen LogP contribution is -2.32. The molecule has 0 saturated heterocycles. The molecule has 2 N–H and O–H groups in total. The van der Waals surface area contributed by atoms with Gasteiger partial charge in [0.15, 0.2) is 24.9 Å². The summed E-state index contributed by atoms with van der Waals surface area (Å²) in [4.78, 5) is 39.5. The van der Waals surface area contributed by atoms with Crippen molar-refractivity contribution in [3.63, 3.8) is 0 Å². The zero-order chi connectivity index (χ0) is 52.2. The number of ether oxygens (including phenoxy) is 6. The van der Waals surface area contributed by atoms with Crippen LogP contribution in [-0.2, 0) is 25.8 Å². The molecular formula is C47H54F6N8O9Si. The molecule has 0 bridgehead atoms. The number of rotatable bonds is 21. The number of carboxylic acids is 1. The number of carbonyl (C=O) groups excluding carboxylic acids is 1. The van der Waals surface area contributed by atoms with E-state index < -0.39 is 50.4 Å². The SMILES string of the molecule is CC(C)(COc1ccc(-c2ccc(-c3nc(OCC(F)(F)F)n[nH]3)cc2)cn1)C(=O)O.COC(=O)C(C)(C)COc1ccc(-c2ccc(-c3nc(OCC(F)(F)F)n(COCC[Si](C)(C)C)n3)cc2)cn1. The summed E-state index contributed by atoms with van der Waals surface area (Å²) >= 11 is 0. The Labute approximate surface area is 405 Å². The zero-order valence-electron chi connectivity index (χ0n) is 40.1. The first-order valence-corrected chi connectivity index (χ1v) is 25.5. The van der Waals surface area contributed by atoms with Crippen molar-refractivity contribution in [2.24, 2.45) is 10.8 Å². The second kappa shape index (κ2) is 23.2. The summed E-state index contributed by atoms with van der Waals surface area (Å²) in [5.74, 6) is -0.181. The topological polar surface area (TPSA) is 208 Å². The predicted octanol–water partition coefficient (Wildman–Crippen LogP) is 9.80. The van der Waals surface area contributed by atoms with Gasteiger partial charge in [-0.2, -0.15) is 41.0 Å². The lowest BCUT2D eigenvalue weighted by Gasteiger charge is -2.21. The van der Waals surface area contributed by atoms with Crippen LogP contribution in [0.1, 0.15) is 27.7 Å². The second-order valence-corrected chi connectivity index (χ2v) is 24.0. The van der Waals surface area contributed by atoms with Crippen molar-refractivity contribution < 1.29 is 69.5 Å². The molecule has 0 atom stereocenters. The molecule has 382 valence electrons. The van der Waals surface area contributed by atoms with Gasteiger partial charge in [0.25, 0.3) is 0 Å². The van der Waals surface area contributed by atoms with Gasteiger partial charge in [-0.15, -0.1) is 10.2 Å². The maximum Gasteiger partial charge on any atom is 0.422 e. The molecule has 0 fully saturated rings. The summed E-state index contributed by atoms with van der Waals surface area (Å²) in [5.41, 5.74) is 2.65. The molecule has 0 aliphatic rings. The van der Waals surface area contributed by atoms with Crippen LogP contribution >= 0.6 is 0 Å². The summed E-state index contributed by atoms with van der Waals surface area (Å²) in [6, 6.07) is 21.4. The highest BCUT2D eigenvalue weighted by molar-refractivity contribution is 6.76. The first kappa shape index (κ1) is 54.9. The van der Waals surface area contributed by atoms with Gasteiger partial charge in [0.05, 0.1) is 17.9 Å². The summed E-state index contributed by atoms with van der Waals surface area (Å²) in [5, 5.41) is 19.6. The van der Waals surface area contributed by atoms with E-state index in [2.05, 4.69) is 59.6 Å². The van der Waals surface area contributed by atoms with Gasteiger partial charge in [-0.25, -0.2) is 9.97 Å². The number of halogens is 6. The highest BCUT2D eigenvalue weighted by Gasteiger charge is 2.32. The van der Waals surface area contributed by atoms with Gasteiger partial charge in [0, 0.05) is 61.5 Å². The van der Waals surface area contributed by atoms with E-state index in [9.17, 15) is 35.9 Å². The number of hydrogen-bond donors (Lipinski definition) is 2. The number of aromatic amines is 1.